The van der Waals surface area contributed by atoms with E-state index in [1.54, 1.807) is 12.1 Å². The molecule has 0 aliphatic carbocycles. The standard InChI is InChI=1S/C16H16F3N3/c1-11(2)7-8-15-21-10-14(22(15)20-3)12-5-4-6-13(9-12)16(17,18)19/h4-11H,3H2,1-2H3/b8-7-. The highest BCUT2D eigenvalue weighted by molar-refractivity contribution is 5.63. The first kappa shape index (κ1) is 16.0. The fourth-order valence-electron chi connectivity index (χ4n) is 1.95. The van der Waals surface area contributed by atoms with Crippen molar-refractivity contribution < 1.29 is 13.2 Å². The lowest BCUT2D eigenvalue weighted by atomic mass is 10.1. The number of benzene rings is 1. The summed E-state index contributed by atoms with van der Waals surface area (Å²) >= 11 is 0. The number of alkyl halides is 3. The number of halogens is 3. The summed E-state index contributed by atoms with van der Waals surface area (Å²) in [7, 11) is 0. The molecule has 6 heteroatoms. The highest BCUT2D eigenvalue weighted by atomic mass is 19.4. The number of nitrogens with zero attached hydrogens (tertiary/aromatic N) is 3. The highest BCUT2D eigenvalue weighted by Gasteiger charge is 2.30. The maximum absolute atomic E-state index is 12.8. The smallest absolute Gasteiger partial charge is 0.235 e. The van der Waals surface area contributed by atoms with E-state index in [0.29, 0.717) is 23.0 Å². The summed E-state index contributed by atoms with van der Waals surface area (Å²) in [6.07, 6.45) is 0.809. The molecule has 1 heterocycles. The fraction of sp³-hybridized carbons (Fsp3) is 0.250. The molecule has 0 unspecified atom stereocenters. The maximum Gasteiger partial charge on any atom is 0.416 e. The number of hydrogen-bond donors (Lipinski definition) is 0. The van der Waals surface area contributed by atoms with Crippen LogP contribution in [0.1, 0.15) is 25.2 Å². The molecule has 0 amide bonds. The summed E-state index contributed by atoms with van der Waals surface area (Å²) in [6.45, 7) is 7.49. The molecule has 0 bridgehead atoms. The molecule has 0 spiro atoms. The molecule has 2 rings (SSSR count). The molecule has 2 aromatic rings. The Bertz CT molecular complexity index is 697. The van der Waals surface area contributed by atoms with Crippen molar-refractivity contribution in [1.82, 2.24) is 9.66 Å². The monoisotopic (exact) mass is 307 g/mol. The van der Waals surface area contributed by atoms with Crippen molar-refractivity contribution in [2.75, 3.05) is 0 Å². The summed E-state index contributed by atoms with van der Waals surface area (Å²) in [5.41, 5.74) is 0.143. The lowest BCUT2D eigenvalue weighted by Crippen LogP contribution is -2.05. The molecule has 1 aromatic carbocycles. The number of imidazole rings is 1. The minimum absolute atomic E-state index is 0.326. The van der Waals surface area contributed by atoms with Gasteiger partial charge in [-0.1, -0.05) is 32.1 Å². The molecule has 0 radical (unpaired) electrons. The molecule has 3 nitrogen and oxygen atoms in total. The van der Waals surface area contributed by atoms with Crippen LogP contribution in [0.4, 0.5) is 13.2 Å². The summed E-state index contributed by atoms with van der Waals surface area (Å²) in [4.78, 5) is 4.19. The van der Waals surface area contributed by atoms with Crippen LogP contribution in [0.2, 0.25) is 0 Å². The summed E-state index contributed by atoms with van der Waals surface area (Å²) in [5.74, 6) is 0.850. The van der Waals surface area contributed by atoms with E-state index in [4.69, 9.17) is 0 Å². The molecule has 1 aromatic heterocycles. The predicted octanol–water partition coefficient (Wildman–Crippen LogP) is 4.70. The second-order valence-electron chi connectivity index (χ2n) is 5.14. The third-order valence-corrected chi connectivity index (χ3v) is 3.02. The molecule has 116 valence electrons. The second kappa shape index (κ2) is 6.17. The molecule has 0 saturated carbocycles. The Morgan fingerprint density at radius 2 is 2.05 bits per heavy atom. The van der Waals surface area contributed by atoms with Crippen molar-refractivity contribution in [2.24, 2.45) is 11.0 Å². The van der Waals surface area contributed by atoms with E-state index in [1.807, 2.05) is 19.9 Å². The summed E-state index contributed by atoms with van der Waals surface area (Å²) < 4.78 is 39.9. The Kier molecular flexibility index (Phi) is 4.49. The quantitative estimate of drug-likeness (QED) is 0.753. The average Bonchev–Trinajstić information content (AvgIpc) is 2.87. The third kappa shape index (κ3) is 3.44. The molecule has 0 saturated heterocycles. The molecule has 0 N–H and O–H groups in total. The van der Waals surface area contributed by atoms with Gasteiger partial charge in [0.2, 0.25) is 0 Å². The molecular weight excluding hydrogens is 291 g/mol. The van der Waals surface area contributed by atoms with Gasteiger partial charge in [-0.05, 0) is 24.1 Å². The van der Waals surface area contributed by atoms with Crippen molar-refractivity contribution in [3.05, 3.63) is 47.9 Å². The average molecular weight is 307 g/mol. The molecule has 0 atom stereocenters. The Morgan fingerprint density at radius 1 is 1.32 bits per heavy atom. The van der Waals surface area contributed by atoms with Crippen LogP contribution in [0.25, 0.3) is 17.3 Å². The Balaban J connectivity index is 2.48. The van der Waals surface area contributed by atoms with Gasteiger partial charge in [-0.2, -0.15) is 18.3 Å². The summed E-state index contributed by atoms with van der Waals surface area (Å²) in [6, 6.07) is 5.06. The molecule has 0 aliphatic rings. The third-order valence-electron chi connectivity index (χ3n) is 3.02. The highest BCUT2D eigenvalue weighted by Crippen LogP contribution is 2.32. The van der Waals surface area contributed by atoms with Crippen LogP contribution in [0.15, 0.2) is 41.6 Å². The van der Waals surface area contributed by atoms with Crippen LogP contribution < -0.4 is 0 Å². The van der Waals surface area contributed by atoms with Crippen LogP contribution in [-0.2, 0) is 6.18 Å². The van der Waals surface area contributed by atoms with Crippen LogP contribution in [0.5, 0.6) is 0 Å². The zero-order valence-electron chi connectivity index (χ0n) is 12.3. The van der Waals surface area contributed by atoms with E-state index in [0.717, 1.165) is 12.1 Å². The van der Waals surface area contributed by atoms with Crippen molar-refractivity contribution in [1.29, 1.82) is 0 Å². The van der Waals surface area contributed by atoms with Gasteiger partial charge in [0.1, 0.15) is 0 Å². The van der Waals surface area contributed by atoms with Gasteiger partial charge in [-0.15, -0.1) is 0 Å². The van der Waals surface area contributed by atoms with Crippen LogP contribution in [0, 0.1) is 5.92 Å². The molecule has 22 heavy (non-hydrogen) atoms. The summed E-state index contributed by atoms with van der Waals surface area (Å²) in [5, 5.41) is 3.85. The van der Waals surface area contributed by atoms with E-state index in [1.165, 1.54) is 16.9 Å². The predicted molar refractivity (Wildman–Crippen MR) is 81.5 cm³/mol. The van der Waals surface area contributed by atoms with E-state index in [2.05, 4.69) is 16.8 Å². The Hall–Kier alpha value is -2.37. The van der Waals surface area contributed by atoms with E-state index in [-0.39, 0.29) is 0 Å². The number of rotatable bonds is 4. The number of aromatic nitrogens is 2. The lowest BCUT2D eigenvalue weighted by Gasteiger charge is -2.09. The Morgan fingerprint density at radius 3 is 2.64 bits per heavy atom. The number of hydrogen-bond acceptors (Lipinski definition) is 2. The van der Waals surface area contributed by atoms with E-state index < -0.39 is 11.7 Å². The minimum Gasteiger partial charge on any atom is -0.235 e. The lowest BCUT2D eigenvalue weighted by molar-refractivity contribution is -0.137. The molecule has 0 fully saturated rings. The van der Waals surface area contributed by atoms with Gasteiger partial charge in [0.25, 0.3) is 0 Å². The van der Waals surface area contributed by atoms with Crippen molar-refractivity contribution in [3.63, 3.8) is 0 Å². The van der Waals surface area contributed by atoms with Gasteiger partial charge in [0.15, 0.2) is 5.82 Å². The van der Waals surface area contributed by atoms with Crippen molar-refractivity contribution in [3.8, 4) is 11.3 Å². The van der Waals surface area contributed by atoms with Gasteiger partial charge in [-0.3, -0.25) is 0 Å². The van der Waals surface area contributed by atoms with Gasteiger partial charge in [0, 0.05) is 12.3 Å². The zero-order chi connectivity index (χ0) is 16.3. The molecular formula is C16H16F3N3. The van der Waals surface area contributed by atoms with Crippen LogP contribution >= 0.6 is 0 Å². The van der Waals surface area contributed by atoms with Gasteiger partial charge < -0.3 is 0 Å². The number of allylic oxidation sites excluding steroid dienone is 1. The maximum atomic E-state index is 12.8. The van der Waals surface area contributed by atoms with Crippen molar-refractivity contribution >= 4 is 12.8 Å². The van der Waals surface area contributed by atoms with Crippen molar-refractivity contribution in [2.45, 2.75) is 20.0 Å². The van der Waals surface area contributed by atoms with Gasteiger partial charge >= 0.3 is 6.18 Å². The fourth-order valence-corrected chi connectivity index (χ4v) is 1.95. The van der Waals surface area contributed by atoms with E-state index >= 15 is 0 Å². The van der Waals surface area contributed by atoms with Gasteiger partial charge in [-0.25, -0.2) is 9.66 Å². The SMILES string of the molecule is C=Nn1c(-c2cccc(C(F)(F)F)c2)cnc1/C=C\C(C)C. The first-order valence-electron chi connectivity index (χ1n) is 6.73. The minimum atomic E-state index is -4.39. The normalized spacial score (nSPS) is 12.3. The van der Waals surface area contributed by atoms with E-state index in [9.17, 15) is 13.2 Å². The molecule has 0 aliphatic heterocycles. The van der Waals surface area contributed by atoms with Crippen LogP contribution in [-0.4, -0.2) is 16.4 Å². The largest absolute Gasteiger partial charge is 0.416 e. The first-order valence-corrected chi connectivity index (χ1v) is 6.73. The Labute approximate surface area is 126 Å². The second-order valence-corrected chi connectivity index (χ2v) is 5.14. The van der Waals surface area contributed by atoms with Crippen LogP contribution in [0.3, 0.4) is 0 Å². The van der Waals surface area contributed by atoms with Gasteiger partial charge in [0.05, 0.1) is 17.5 Å². The first-order chi connectivity index (χ1) is 10.3. The zero-order valence-corrected chi connectivity index (χ0v) is 12.3. The topological polar surface area (TPSA) is 30.2 Å².